The standard InChI is InChI=1S/C17H32BrNO4/c1-5-6-7-8-9-10-11-14(15(20)22-13-12-18)19-16(21)23-17(2,3)4/h14H,5-13H2,1-4H3,(H,19,21). The highest BCUT2D eigenvalue weighted by atomic mass is 79.9. The fourth-order valence-corrected chi connectivity index (χ4v) is 2.23. The molecule has 0 bridgehead atoms. The molecule has 0 aromatic heterocycles. The van der Waals surface area contributed by atoms with Gasteiger partial charge in [-0.3, -0.25) is 0 Å². The van der Waals surface area contributed by atoms with Crippen molar-refractivity contribution in [3.8, 4) is 0 Å². The van der Waals surface area contributed by atoms with Gasteiger partial charge in [-0.2, -0.15) is 0 Å². The molecule has 6 heteroatoms. The Balaban J connectivity index is 4.33. The van der Waals surface area contributed by atoms with E-state index in [0.717, 1.165) is 19.3 Å². The predicted octanol–water partition coefficient (Wildman–Crippen LogP) is 4.57. The monoisotopic (exact) mass is 393 g/mol. The molecule has 0 saturated carbocycles. The number of nitrogens with one attached hydrogen (secondary N) is 1. The lowest BCUT2D eigenvalue weighted by Gasteiger charge is -2.23. The summed E-state index contributed by atoms with van der Waals surface area (Å²) in [5, 5.41) is 3.21. The molecule has 5 nitrogen and oxygen atoms in total. The highest BCUT2D eigenvalue weighted by Gasteiger charge is 2.25. The topological polar surface area (TPSA) is 64.6 Å². The van der Waals surface area contributed by atoms with Crippen LogP contribution in [-0.4, -0.2) is 35.6 Å². The summed E-state index contributed by atoms with van der Waals surface area (Å²) in [5.41, 5.74) is -0.589. The fraction of sp³-hybridized carbons (Fsp3) is 0.882. The van der Waals surface area contributed by atoms with Gasteiger partial charge in [-0.15, -0.1) is 0 Å². The molecular formula is C17H32BrNO4. The van der Waals surface area contributed by atoms with E-state index in [2.05, 4.69) is 28.2 Å². The first kappa shape index (κ1) is 22.2. The third-order valence-electron chi connectivity index (χ3n) is 3.14. The Bertz CT molecular complexity index is 342. The average molecular weight is 394 g/mol. The van der Waals surface area contributed by atoms with Crippen molar-refractivity contribution in [2.24, 2.45) is 0 Å². The van der Waals surface area contributed by atoms with Crippen LogP contribution in [0.5, 0.6) is 0 Å². The maximum atomic E-state index is 12.1. The largest absolute Gasteiger partial charge is 0.463 e. The highest BCUT2D eigenvalue weighted by molar-refractivity contribution is 9.09. The number of carbonyl (C=O) groups is 2. The van der Waals surface area contributed by atoms with E-state index in [1.54, 1.807) is 20.8 Å². The molecule has 0 spiro atoms. The van der Waals surface area contributed by atoms with E-state index in [4.69, 9.17) is 9.47 Å². The van der Waals surface area contributed by atoms with Gasteiger partial charge in [0.25, 0.3) is 0 Å². The number of alkyl carbamates (subject to hydrolysis) is 1. The molecule has 0 radical (unpaired) electrons. The smallest absolute Gasteiger partial charge is 0.408 e. The Morgan fingerprint density at radius 2 is 1.70 bits per heavy atom. The van der Waals surface area contributed by atoms with Gasteiger partial charge in [0.2, 0.25) is 0 Å². The zero-order valence-corrected chi connectivity index (χ0v) is 16.5. The molecule has 0 aliphatic rings. The van der Waals surface area contributed by atoms with Gasteiger partial charge in [0.15, 0.2) is 0 Å². The van der Waals surface area contributed by atoms with Gasteiger partial charge in [0.05, 0.1) is 0 Å². The van der Waals surface area contributed by atoms with Crippen LogP contribution in [-0.2, 0) is 14.3 Å². The molecule has 136 valence electrons. The van der Waals surface area contributed by atoms with Crippen LogP contribution in [0, 0.1) is 0 Å². The van der Waals surface area contributed by atoms with Crippen LogP contribution < -0.4 is 5.32 Å². The minimum absolute atomic E-state index is 0.293. The zero-order valence-electron chi connectivity index (χ0n) is 15.0. The summed E-state index contributed by atoms with van der Waals surface area (Å²) in [6, 6.07) is -0.643. The van der Waals surface area contributed by atoms with Gasteiger partial charge in [-0.25, -0.2) is 9.59 Å². The summed E-state index contributed by atoms with van der Waals surface area (Å²) in [5.74, 6) is -0.399. The molecule has 0 fully saturated rings. The van der Waals surface area contributed by atoms with Crippen LogP contribution in [0.15, 0.2) is 0 Å². The summed E-state index contributed by atoms with van der Waals surface area (Å²) in [6.45, 7) is 7.85. The number of carbonyl (C=O) groups excluding carboxylic acids is 2. The zero-order chi connectivity index (χ0) is 17.7. The molecule has 0 heterocycles. The van der Waals surface area contributed by atoms with Crippen molar-refractivity contribution >= 4 is 28.0 Å². The van der Waals surface area contributed by atoms with Crippen molar-refractivity contribution in [1.82, 2.24) is 5.32 Å². The number of rotatable bonds is 11. The highest BCUT2D eigenvalue weighted by Crippen LogP contribution is 2.11. The lowest BCUT2D eigenvalue weighted by molar-refractivity contribution is -0.145. The van der Waals surface area contributed by atoms with Crippen molar-refractivity contribution < 1.29 is 19.1 Å². The Hall–Kier alpha value is -0.780. The molecule has 23 heavy (non-hydrogen) atoms. The summed E-state index contributed by atoms with van der Waals surface area (Å²) in [6.07, 6.45) is 6.76. The predicted molar refractivity (Wildman–Crippen MR) is 95.9 cm³/mol. The molecule has 0 saturated heterocycles. The van der Waals surface area contributed by atoms with Gasteiger partial charge in [0.1, 0.15) is 18.2 Å². The Morgan fingerprint density at radius 3 is 2.26 bits per heavy atom. The van der Waals surface area contributed by atoms with Crippen LogP contribution >= 0.6 is 15.9 Å². The van der Waals surface area contributed by atoms with E-state index >= 15 is 0 Å². The second kappa shape index (κ2) is 12.6. The number of hydrogen-bond acceptors (Lipinski definition) is 4. The van der Waals surface area contributed by atoms with E-state index in [1.807, 2.05) is 0 Å². The molecule has 1 atom stereocenters. The van der Waals surface area contributed by atoms with Crippen LogP contribution in [0.4, 0.5) is 4.79 Å². The molecule has 1 N–H and O–H groups in total. The van der Waals surface area contributed by atoms with E-state index in [9.17, 15) is 9.59 Å². The summed E-state index contributed by atoms with van der Waals surface area (Å²) < 4.78 is 10.3. The van der Waals surface area contributed by atoms with Crippen LogP contribution in [0.3, 0.4) is 0 Å². The second-order valence-electron chi connectivity index (χ2n) is 6.61. The van der Waals surface area contributed by atoms with Crippen LogP contribution in [0.1, 0.15) is 72.6 Å². The van der Waals surface area contributed by atoms with Crippen molar-refractivity contribution in [3.63, 3.8) is 0 Å². The Labute approximate surface area is 149 Å². The number of ether oxygens (including phenoxy) is 2. The van der Waals surface area contributed by atoms with Crippen molar-refractivity contribution in [1.29, 1.82) is 0 Å². The first-order valence-electron chi connectivity index (χ1n) is 8.52. The number of halogens is 1. The quantitative estimate of drug-likeness (QED) is 0.317. The molecule has 0 aromatic rings. The molecule has 1 amide bonds. The lowest BCUT2D eigenvalue weighted by Crippen LogP contribution is -2.44. The van der Waals surface area contributed by atoms with Gasteiger partial charge in [0, 0.05) is 5.33 Å². The number of hydrogen-bond donors (Lipinski definition) is 1. The molecule has 0 aliphatic carbocycles. The van der Waals surface area contributed by atoms with E-state index in [1.165, 1.54) is 19.3 Å². The minimum atomic E-state index is -0.643. The number of esters is 1. The Kier molecular flexibility index (Phi) is 12.2. The SMILES string of the molecule is CCCCCCCCC(NC(=O)OC(C)(C)C)C(=O)OCCBr. The molecule has 0 aromatic carbocycles. The normalized spacial score (nSPS) is 12.6. The molecule has 1 unspecified atom stereocenters. The van der Waals surface area contributed by atoms with E-state index in [0.29, 0.717) is 18.4 Å². The summed E-state index contributed by atoms with van der Waals surface area (Å²) >= 11 is 3.22. The lowest BCUT2D eigenvalue weighted by atomic mass is 10.1. The van der Waals surface area contributed by atoms with Crippen molar-refractivity contribution in [3.05, 3.63) is 0 Å². The molecule has 0 aliphatic heterocycles. The van der Waals surface area contributed by atoms with E-state index < -0.39 is 23.7 Å². The average Bonchev–Trinajstić information content (AvgIpc) is 2.45. The Morgan fingerprint density at radius 1 is 1.09 bits per heavy atom. The minimum Gasteiger partial charge on any atom is -0.463 e. The van der Waals surface area contributed by atoms with Gasteiger partial charge >= 0.3 is 12.1 Å². The van der Waals surface area contributed by atoms with Crippen molar-refractivity contribution in [2.75, 3.05) is 11.9 Å². The van der Waals surface area contributed by atoms with Gasteiger partial charge in [-0.05, 0) is 27.2 Å². The number of amides is 1. The molecule has 0 rings (SSSR count). The van der Waals surface area contributed by atoms with Gasteiger partial charge < -0.3 is 14.8 Å². The van der Waals surface area contributed by atoms with E-state index in [-0.39, 0.29) is 0 Å². The fourth-order valence-electron chi connectivity index (χ4n) is 2.07. The van der Waals surface area contributed by atoms with Crippen molar-refractivity contribution in [2.45, 2.75) is 84.3 Å². The first-order chi connectivity index (χ1) is 10.8. The number of alkyl halides is 1. The maximum Gasteiger partial charge on any atom is 0.408 e. The molecular weight excluding hydrogens is 362 g/mol. The third kappa shape index (κ3) is 13.4. The number of unbranched alkanes of at least 4 members (excludes halogenated alkanes) is 5. The maximum absolute atomic E-state index is 12.1. The van der Waals surface area contributed by atoms with Crippen LogP contribution in [0.25, 0.3) is 0 Å². The second-order valence-corrected chi connectivity index (χ2v) is 7.40. The third-order valence-corrected chi connectivity index (χ3v) is 3.47. The van der Waals surface area contributed by atoms with Crippen LogP contribution in [0.2, 0.25) is 0 Å². The summed E-state index contributed by atoms with van der Waals surface area (Å²) in [7, 11) is 0. The first-order valence-corrected chi connectivity index (χ1v) is 9.64. The van der Waals surface area contributed by atoms with Gasteiger partial charge in [-0.1, -0.05) is 61.4 Å². The summed E-state index contributed by atoms with van der Waals surface area (Å²) in [4.78, 5) is 23.9.